The van der Waals surface area contributed by atoms with E-state index in [1.807, 2.05) is 31.2 Å². The maximum atomic E-state index is 13.7. The largest absolute Gasteiger partial charge is 0.390 e. The Morgan fingerprint density at radius 3 is 2.45 bits per heavy atom. The summed E-state index contributed by atoms with van der Waals surface area (Å²) >= 11 is 0. The fourth-order valence-corrected chi connectivity index (χ4v) is 9.87. The number of hydrogen-bond acceptors (Lipinski definition) is 4. The Balaban J connectivity index is 1.13. The maximum Gasteiger partial charge on any atom is 0.160 e. The number of hydrogen-bond donors (Lipinski definition) is 1. The van der Waals surface area contributed by atoms with Gasteiger partial charge in [-0.3, -0.25) is 4.79 Å². The fraction of sp³-hybridized carbons (Fsp3) is 0.750. The first-order valence-corrected chi connectivity index (χ1v) is 13.4. The third-order valence-electron chi connectivity index (χ3n) is 11.0. The third kappa shape index (κ3) is 3.03. The number of carbonyl (C=O) groups is 1. The lowest BCUT2D eigenvalue weighted by Crippen LogP contribution is -2.52. The van der Waals surface area contributed by atoms with Gasteiger partial charge in [0, 0.05) is 5.92 Å². The predicted molar refractivity (Wildman–Crippen MR) is 126 cm³/mol. The van der Waals surface area contributed by atoms with Crippen molar-refractivity contribution in [3.8, 4) is 0 Å². The monoisotopic (exact) mass is 447 g/mol. The minimum Gasteiger partial charge on any atom is -0.390 e. The normalized spacial score (nSPS) is 48.0. The van der Waals surface area contributed by atoms with E-state index < -0.39 is 5.60 Å². The molecule has 33 heavy (non-hydrogen) atoms. The van der Waals surface area contributed by atoms with Crippen molar-refractivity contribution in [3.05, 3.63) is 24.3 Å². The quantitative estimate of drug-likeness (QED) is 0.728. The van der Waals surface area contributed by atoms with Gasteiger partial charge in [0.1, 0.15) is 17.6 Å². The first-order valence-electron chi connectivity index (χ1n) is 13.4. The van der Waals surface area contributed by atoms with Crippen LogP contribution in [0.3, 0.4) is 0 Å². The molecule has 5 saturated carbocycles. The van der Waals surface area contributed by atoms with Crippen molar-refractivity contribution in [2.24, 2.45) is 52.8 Å². The number of aliphatic hydroxyl groups is 1. The van der Waals surface area contributed by atoms with Crippen LogP contribution in [0.4, 0.5) is 0 Å². The summed E-state index contributed by atoms with van der Waals surface area (Å²) in [6.45, 7) is 4.83. The molecule has 0 spiro atoms. The lowest BCUT2D eigenvalue weighted by Gasteiger charge is -2.57. The van der Waals surface area contributed by atoms with Crippen LogP contribution >= 0.6 is 0 Å². The standard InChI is InChI=1S/C28H37N3O2/c1-27(33)11-9-17-16(14-27)7-8-19-18(17)10-12-28(2)25(19)20-13-21(20)26(28)24(32)15-31-29-22-5-3-4-6-23(22)30-31/h3-6,16-21,25-26,33H,7-15H2,1-2H3/t16-,17+,18-,19-,20-,21+,25-,26-,27-,28+/m1/s1. The molecule has 1 aromatic carbocycles. The summed E-state index contributed by atoms with van der Waals surface area (Å²) in [4.78, 5) is 15.4. The number of Topliss-reactive ketones (excluding diaryl/α,β-unsaturated/α-hetero) is 1. The van der Waals surface area contributed by atoms with Gasteiger partial charge in [0.05, 0.1) is 5.60 Å². The van der Waals surface area contributed by atoms with Gasteiger partial charge in [0.2, 0.25) is 0 Å². The molecular formula is C28H37N3O2. The van der Waals surface area contributed by atoms with Crippen LogP contribution in [0.25, 0.3) is 11.0 Å². The Kier molecular flexibility index (Phi) is 4.31. The summed E-state index contributed by atoms with van der Waals surface area (Å²) in [5.74, 6) is 5.79. The zero-order valence-corrected chi connectivity index (χ0v) is 20.0. The molecule has 0 radical (unpaired) electrons. The maximum absolute atomic E-state index is 13.7. The highest BCUT2D eigenvalue weighted by atomic mass is 16.3. The van der Waals surface area contributed by atoms with Crippen LogP contribution in [0.1, 0.15) is 65.2 Å². The smallest absolute Gasteiger partial charge is 0.160 e. The molecule has 0 bridgehead atoms. The fourth-order valence-electron chi connectivity index (χ4n) is 9.87. The van der Waals surface area contributed by atoms with Gasteiger partial charge >= 0.3 is 0 Å². The highest BCUT2D eigenvalue weighted by Gasteiger charge is 2.70. The summed E-state index contributed by atoms with van der Waals surface area (Å²) in [6, 6.07) is 7.88. The number of carbonyl (C=O) groups excluding carboxylic acids is 1. The van der Waals surface area contributed by atoms with Crippen LogP contribution < -0.4 is 0 Å². The molecule has 176 valence electrons. The van der Waals surface area contributed by atoms with E-state index in [9.17, 15) is 9.90 Å². The van der Waals surface area contributed by atoms with E-state index in [2.05, 4.69) is 17.1 Å². The van der Waals surface area contributed by atoms with Gasteiger partial charge in [0.15, 0.2) is 5.78 Å². The van der Waals surface area contributed by atoms with E-state index in [1.54, 1.807) is 4.80 Å². The van der Waals surface area contributed by atoms with Crippen molar-refractivity contribution in [2.75, 3.05) is 0 Å². The SMILES string of the molecule is C[C@@]1(O)CC[C@H]2[C@H](CC[C@@H]3[C@@H]2CC[C@@]2(C)[C@H]3[C@@H]3C[C@@H]3[C@@H]2C(=O)Cn2nc3ccccc3n2)C1. The van der Waals surface area contributed by atoms with Gasteiger partial charge in [-0.1, -0.05) is 19.1 Å². The molecule has 0 amide bonds. The van der Waals surface area contributed by atoms with Crippen molar-refractivity contribution in [1.29, 1.82) is 0 Å². The van der Waals surface area contributed by atoms with Crippen molar-refractivity contribution < 1.29 is 9.90 Å². The van der Waals surface area contributed by atoms with Crippen LogP contribution in [-0.2, 0) is 11.3 Å². The summed E-state index contributed by atoms with van der Waals surface area (Å²) in [5, 5.41) is 19.8. The van der Waals surface area contributed by atoms with Crippen molar-refractivity contribution >= 4 is 16.8 Å². The molecule has 5 aliphatic rings. The molecule has 0 aliphatic heterocycles. The van der Waals surface area contributed by atoms with Gasteiger partial charge in [-0.15, -0.1) is 0 Å². The Hall–Kier alpha value is -1.75. The molecule has 1 aromatic heterocycles. The van der Waals surface area contributed by atoms with E-state index in [-0.39, 0.29) is 11.3 Å². The zero-order valence-electron chi connectivity index (χ0n) is 20.0. The number of nitrogens with zero attached hydrogens (tertiary/aromatic N) is 3. The number of benzene rings is 1. The first kappa shape index (κ1) is 20.6. The molecule has 10 atom stereocenters. The Labute approximate surface area is 196 Å². The second-order valence-electron chi connectivity index (χ2n) is 12.9. The number of rotatable bonds is 3. The van der Waals surface area contributed by atoms with Crippen LogP contribution in [0.15, 0.2) is 24.3 Å². The lowest BCUT2D eigenvalue weighted by atomic mass is 9.48. The van der Waals surface area contributed by atoms with Crippen molar-refractivity contribution in [2.45, 2.75) is 77.4 Å². The van der Waals surface area contributed by atoms with E-state index in [1.165, 1.54) is 38.5 Å². The summed E-state index contributed by atoms with van der Waals surface area (Å²) in [7, 11) is 0. The predicted octanol–water partition coefficient (Wildman–Crippen LogP) is 4.88. The minimum atomic E-state index is -0.449. The van der Waals surface area contributed by atoms with Crippen molar-refractivity contribution in [3.63, 3.8) is 0 Å². The van der Waals surface area contributed by atoms with Gasteiger partial charge < -0.3 is 5.11 Å². The average Bonchev–Trinajstić information content (AvgIpc) is 3.31. The van der Waals surface area contributed by atoms with E-state index in [0.717, 1.165) is 53.5 Å². The number of aromatic nitrogens is 3. The first-order chi connectivity index (χ1) is 15.8. The average molecular weight is 448 g/mol. The Morgan fingerprint density at radius 1 is 0.970 bits per heavy atom. The molecular weight excluding hydrogens is 410 g/mol. The molecule has 1 heterocycles. The molecule has 5 aliphatic carbocycles. The molecule has 0 saturated heterocycles. The molecule has 1 N–H and O–H groups in total. The van der Waals surface area contributed by atoms with Crippen LogP contribution in [0.5, 0.6) is 0 Å². The van der Waals surface area contributed by atoms with E-state index in [0.29, 0.717) is 24.2 Å². The third-order valence-corrected chi connectivity index (χ3v) is 11.0. The highest BCUT2D eigenvalue weighted by Crippen LogP contribution is 2.74. The second kappa shape index (κ2) is 6.90. The van der Waals surface area contributed by atoms with E-state index in [4.69, 9.17) is 0 Å². The zero-order chi connectivity index (χ0) is 22.5. The summed E-state index contributed by atoms with van der Waals surface area (Å²) in [5.41, 5.74) is 1.45. The molecule has 2 aromatic rings. The Morgan fingerprint density at radius 2 is 1.70 bits per heavy atom. The van der Waals surface area contributed by atoms with Crippen LogP contribution in [0.2, 0.25) is 0 Å². The van der Waals surface area contributed by atoms with Gasteiger partial charge in [0.25, 0.3) is 0 Å². The topological polar surface area (TPSA) is 68.0 Å². The lowest BCUT2D eigenvalue weighted by molar-refractivity contribution is -0.136. The molecule has 7 rings (SSSR count). The summed E-state index contributed by atoms with van der Waals surface area (Å²) < 4.78 is 0. The molecule has 0 unspecified atom stereocenters. The van der Waals surface area contributed by atoms with Gasteiger partial charge in [-0.05, 0) is 117 Å². The molecule has 5 fully saturated rings. The summed E-state index contributed by atoms with van der Waals surface area (Å²) in [6.07, 6.45) is 9.53. The molecule has 5 heteroatoms. The van der Waals surface area contributed by atoms with Crippen LogP contribution in [0, 0.1) is 52.8 Å². The Bertz CT molecular complexity index is 1070. The van der Waals surface area contributed by atoms with E-state index >= 15 is 0 Å². The number of ketones is 1. The van der Waals surface area contributed by atoms with Crippen LogP contribution in [-0.4, -0.2) is 31.5 Å². The van der Waals surface area contributed by atoms with Gasteiger partial charge in [-0.2, -0.15) is 15.0 Å². The number of fused-ring (bicyclic) bond motifs is 8. The highest BCUT2D eigenvalue weighted by molar-refractivity contribution is 5.83. The van der Waals surface area contributed by atoms with Crippen molar-refractivity contribution in [1.82, 2.24) is 15.0 Å². The second-order valence-corrected chi connectivity index (χ2v) is 12.9. The van der Waals surface area contributed by atoms with Gasteiger partial charge in [-0.25, -0.2) is 0 Å². The minimum absolute atomic E-state index is 0.158. The molecule has 5 nitrogen and oxygen atoms in total.